The smallest absolute Gasteiger partial charge is 0.243 e. The van der Waals surface area contributed by atoms with Crippen molar-refractivity contribution in [3.63, 3.8) is 0 Å². The molecule has 1 atom stereocenters. The number of rotatable bonds is 7. The first kappa shape index (κ1) is 21.1. The predicted octanol–water partition coefficient (Wildman–Crippen LogP) is 5.53. The van der Waals surface area contributed by atoms with Crippen molar-refractivity contribution in [2.75, 3.05) is 0 Å². The molecule has 0 spiro atoms. The molecule has 1 N–H and O–H groups in total. The number of hydrogen-bond donors (Lipinski definition) is 1. The summed E-state index contributed by atoms with van der Waals surface area (Å²) in [4.78, 5) is 22.1. The van der Waals surface area contributed by atoms with Crippen molar-refractivity contribution in [2.24, 2.45) is 0 Å². The zero-order chi connectivity index (χ0) is 21.1. The lowest BCUT2D eigenvalue weighted by Crippen LogP contribution is -2.38. The number of imidazole rings is 1. The van der Waals surface area contributed by atoms with E-state index in [1.54, 1.807) is 24.5 Å². The molecule has 0 unspecified atom stereocenters. The lowest BCUT2D eigenvalue weighted by atomic mass is 10.1. The molecule has 8 heteroatoms. The summed E-state index contributed by atoms with van der Waals surface area (Å²) >= 11 is 7.57. The van der Waals surface area contributed by atoms with E-state index in [0.717, 1.165) is 36.7 Å². The molecule has 158 valence electrons. The van der Waals surface area contributed by atoms with E-state index >= 15 is 0 Å². The Bertz CT molecular complexity index is 1030. The van der Waals surface area contributed by atoms with Gasteiger partial charge in [-0.25, -0.2) is 9.37 Å². The van der Waals surface area contributed by atoms with E-state index in [1.807, 2.05) is 17.6 Å². The van der Waals surface area contributed by atoms with Gasteiger partial charge in [-0.1, -0.05) is 49.2 Å². The summed E-state index contributed by atoms with van der Waals surface area (Å²) in [6, 6.07) is 6.34. The van der Waals surface area contributed by atoms with Crippen LogP contribution in [0.5, 0.6) is 0 Å². The monoisotopic (exact) mass is 446 g/mol. The summed E-state index contributed by atoms with van der Waals surface area (Å²) < 4.78 is 16.2. The van der Waals surface area contributed by atoms with Gasteiger partial charge in [-0.05, 0) is 37.5 Å². The molecule has 3 aromatic rings. The molecular weight excluding hydrogens is 423 g/mol. The number of aromatic nitrogens is 3. The van der Waals surface area contributed by atoms with Gasteiger partial charge < -0.3 is 9.88 Å². The number of nitrogens with one attached hydrogen (secondary N) is 1. The summed E-state index contributed by atoms with van der Waals surface area (Å²) in [5.41, 5.74) is 2.00. The lowest BCUT2D eigenvalue weighted by molar-refractivity contribution is -0.125. The van der Waals surface area contributed by atoms with Crippen LogP contribution in [0.1, 0.15) is 50.6 Å². The van der Waals surface area contributed by atoms with Crippen molar-refractivity contribution in [1.82, 2.24) is 19.9 Å². The highest BCUT2D eigenvalue weighted by Gasteiger charge is 2.27. The van der Waals surface area contributed by atoms with Crippen LogP contribution >= 0.6 is 23.4 Å². The number of amides is 1. The molecule has 1 aliphatic carbocycles. The fraction of sp³-hybridized carbons (Fsp3) is 0.409. The average Bonchev–Trinajstić information content (AvgIpc) is 3.36. The summed E-state index contributed by atoms with van der Waals surface area (Å²) in [6.07, 6.45) is 8.40. The summed E-state index contributed by atoms with van der Waals surface area (Å²) in [6.45, 7) is 1.99. The second-order valence-corrected chi connectivity index (χ2v) is 8.88. The Morgan fingerprint density at radius 3 is 2.90 bits per heavy atom. The second kappa shape index (κ2) is 9.35. The number of halogens is 2. The molecule has 1 aliphatic rings. The van der Waals surface area contributed by atoms with Crippen LogP contribution in [0, 0.1) is 5.82 Å². The van der Waals surface area contributed by atoms with E-state index in [9.17, 15) is 9.18 Å². The standard InChI is InChI=1S/C22H24ClFN4OS/c1-2-19(21(29)26-14-6-3-4-7-14)28-20-12-25-11-10-18(20)27-22(28)30-13-15-16(23)8-5-9-17(15)24/h5,8-12,14,19H,2-4,6-7,13H2,1H3,(H,26,29)/t19-/m1/s1. The zero-order valence-corrected chi connectivity index (χ0v) is 18.3. The molecule has 2 heterocycles. The predicted molar refractivity (Wildman–Crippen MR) is 118 cm³/mol. The fourth-order valence-corrected chi connectivity index (χ4v) is 5.39. The Labute approximate surface area is 184 Å². The molecule has 0 saturated heterocycles. The molecule has 30 heavy (non-hydrogen) atoms. The van der Waals surface area contributed by atoms with Crippen molar-refractivity contribution in [2.45, 2.75) is 62.0 Å². The molecule has 5 nitrogen and oxygen atoms in total. The number of thioether (sulfide) groups is 1. The van der Waals surface area contributed by atoms with Crippen molar-refractivity contribution >= 4 is 40.3 Å². The number of carbonyl (C=O) groups excluding carboxylic acids is 1. The maximum Gasteiger partial charge on any atom is 0.243 e. The summed E-state index contributed by atoms with van der Waals surface area (Å²) in [5.74, 6) is -0.0215. The van der Waals surface area contributed by atoms with Gasteiger partial charge in [0.15, 0.2) is 5.16 Å². The SMILES string of the molecule is CC[C@H](C(=O)NC1CCCC1)n1c(SCc2c(F)cccc2Cl)nc2ccncc21. The molecule has 0 aliphatic heterocycles. The first-order valence-electron chi connectivity index (χ1n) is 10.3. The van der Waals surface area contributed by atoms with Gasteiger partial charge in [0.2, 0.25) is 5.91 Å². The first-order valence-corrected chi connectivity index (χ1v) is 11.6. The molecule has 4 rings (SSSR count). The van der Waals surface area contributed by atoms with E-state index in [1.165, 1.54) is 17.8 Å². The van der Waals surface area contributed by atoms with E-state index in [4.69, 9.17) is 16.6 Å². The Kier molecular flexibility index (Phi) is 6.58. The van der Waals surface area contributed by atoms with Crippen LogP contribution in [-0.4, -0.2) is 26.5 Å². The summed E-state index contributed by atoms with van der Waals surface area (Å²) in [5, 5.41) is 4.25. The third-order valence-corrected chi connectivity index (χ3v) is 6.90. The number of benzene rings is 1. The van der Waals surface area contributed by atoms with E-state index in [0.29, 0.717) is 27.9 Å². The molecule has 0 bridgehead atoms. The minimum atomic E-state index is -0.404. The molecule has 1 amide bonds. The highest BCUT2D eigenvalue weighted by molar-refractivity contribution is 7.98. The van der Waals surface area contributed by atoms with Crippen LogP contribution in [0.2, 0.25) is 5.02 Å². The largest absolute Gasteiger partial charge is 0.352 e. The number of fused-ring (bicyclic) bond motifs is 1. The molecule has 1 saturated carbocycles. The first-order chi connectivity index (χ1) is 14.6. The van der Waals surface area contributed by atoms with Gasteiger partial charge in [-0.3, -0.25) is 9.78 Å². The normalized spacial score (nSPS) is 15.6. The van der Waals surface area contributed by atoms with Gasteiger partial charge in [0, 0.05) is 28.6 Å². The highest BCUT2D eigenvalue weighted by atomic mass is 35.5. The van der Waals surface area contributed by atoms with Crippen LogP contribution in [0.25, 0.3) is 11.0 Å². The van der Waals surface area contributed by atoms with Gasteiger partial charge >= 0.3 is 0 Å². The molecule has 1 aromatic carbocycles. The third kappa shape index (κ3) is 4.32. The number of carbonyl (C=O) groups is 1. The molecular formula is C22H24ClFN4OS. The maximum absolute atomic E-state index is 14.2. The number of hydrogen-bond acceptors (Lipinski definition) is 4. The summed E-state index contributed by atoms with van der Waals surface area (Å²) in [7, 11) is 0. The van der Waals surface area contributed by atoms with Gasteiger partial charge in [0.1, 0.15) is 11.9 Å². The topological polar surface area (TPSA) is 59.8 Å². The Hall–Kier alpha value is -2.12. The third-order valence-electron chi connectivity index (χ3n) is 5.57. The Morgan fingerprint density at radius 2 is 2.17 bits per heavy atom. The maximum atomic E-state index is 14.2. The Morgan fingerprint density at radius 1 is 1.37 bits per heavy atom. The minimum absolute atomic E-state index is 0.00155. The van der Waals surface area contributed by atoms with Crippen molar-refractivity contribution < 1.29 is 9.18 Å². The number of pyridine rings is 1. The Balaban J connectivity index is 1.66. The van der Waals surface area contributed by atoms with Gasteiger partial charge in [0.05, 0.1) is 17.2 Å². The second-order valence-electron chi connectivity index (χ2n) is 7.53. The van der Waals surface area contributed by atoms with Crippen LogP contribution in [-0.2, 0) is 10.5 Å². The van der Waals surface area contributed by atoms with E-state index in [-0.39, 0.29) is 17.8 Å². The van der Waals surface area contributed by atoms with Gasteiger partial charge in [-0.15, -0.1) is 0 Å². The van der Waals surface area contributed by atoms with Crippen molar-refractivity contribution in [3.8, 4) is 0 Å². The molecule has 2 aromatic heterocycles. The average molecular weight is 447 g/mol. The highest BCUT2D eigenvalue weighted by Crippen LogP contribution is 2.33. The molecule has 1 fully saturated rings. The number of nitrogens with zero attached hydrogens (tertiary/aromatic N) is 3. The van der Waals surface area contributed by atoms with Crippen LogP contribution in [0.3, 0.4) is 0 Å². The zero-order valence-electron chi connectivity index (χ0n) is 16.8. The van der Waals surface area contributed by atoms with Crippen LogP contribution in [0.15, 0.2) is 41.8 Å². The van der Waals surface area contributed by atoms with E-state index < -0.39 is 6.04 Å². The van der Waals surface area contributed by atoms with Gasteiger partial charge in [0.25, 0.3) is 0 Å². The quantitative estimate of drug-likeness (QED) is 0.485. The van der Waals surface area contributed by atoms with Crippen molar-refractivity contribution in [1.29, 1.82) is 0 Å². The lowest BCUT2D eigenvalue weighted by Gasteiger charge is -2.22. The molecule has 0 radical (unpaired) electrons. The van der Waals surface area contributed by atoms with E-state index in [2.05, 4.69) is 10.3 Å². The fourth-order valence-electron chi connectivity index (χ4n) is 3.98. The van der Waals surface area contributed by atoms with Crippen molar-refractivity contribution in [3.05, 3.63) is 53.1 Å². The minimum Gasteiger partial charge on any atom is -0.352 e. The van der Waals surface area contributed by atoms with Crippen LogP contribution < -0.4 is 5.32 Å². The van der Waals surface area contributed by atoms with Gasteiger partial charge in [-0.2, -0.15) is 0 Å². The van der Waals surface area contributed by atoms with Crippen LogP contribution in [0.4, 0.5) is 4.39 Å².